The molecule has 2 heterocycles. The number of aromatic nitrogens is 2. The summed E-state index contributed by atoms with van der Waals surface area (Å²) in [6, 6.07) is 8.64. The summed E-state index contributed by atoms with van der Waals surface area (Å²) < 4.78 is 5.31. The number of nitrogens with zero attached hydrogens (tertiary/aromatic N) is 3. The summed E-state index contributed by atoms with van der Waals surface area (Å²) >= 11 is 0. The molecule has 1 aliphatic heterocycles. The molecule has 1 aromatic carbocycles. The second-order valence-corrected chi connectivity index (χ2v) is 5.23. The minimum atomic E-state index is 0.147. The Morgan fingerprint density at radius 1 is 1.33 bits per heavy atom. The number of hydrogen-bond donors (Lipinski definition) is 1. The van der Waals surface area contributed by atoms with Crippen molar-refractivity contribution in [2.24, 2.45) is 5.73 Å². The van der Waals surface area contributed by atoms with E-state index >= 15 is 0 Å². The van der Waals surface area contributed by atoms with E-state index in [2.05, 4.69) is 39.1 Å². The van der Waals surface area contributed by atoms with Crippen molar-refractivity contribution in [3.8, 4) is 5.88 Å². The van der Waals surface area contributed by atoms with Crippen LogP contribution in [0.3, 0.4) is 0 Å². The van der Waals surface area contributed by atoms with Gasteiger partial charge in [0.2, 0.25) is 5.88 Å². The molecule has 2 aromatic rings. The molecule has 1 aromatic heterocycles. The monoisotopic (exact) mass is 284 g/mol. The first-order chi connectivity index (χ1) is 10.3. The van der Waals surface area contributed by atoms with Crippen LogP contribution in [0.15, 0.2) is 30.6 Å². The molecule has 0 saturated heterocycles. The molecule has 0 saturated carbocycles. The maximum atomic E-state index is 6.05. The fourth-order valence-electron chi connectivity index (χ4n) is 3.08. The van der Waals surface area contributed by atoms with Crippen LogP contribution in [-0.4, -0.2) is 30.2 Å². The normalized spacial score (nSPS) is 17.5. The fourth-order valence-corrected chi connectivity index (χ4v) is 3.08. The van der Waals surface area contributed by atoms with Gasteiger partial charge in [0.25, 0.3) is 0 Å². The van der Waals surface area contributed by atoms with Crippen molar-refractivity contribution >= 4 is 5.82 Å². The van der Waals surface area contributed by atoms with Crippen LogP contribution in [0.5, 0.6) is 5.88 Å². The molecule has 0 radical (unpaired) electrons. The molecule has 5 nitrogen and oxygen atoms in total. The van der Waals surface area contributed by atoms with Crippen molar-refractivity contribution in [2.45, 2.75) is 19.4 Å². The number of benzene rings is 1. The van der Waals surface area contributed by atoms with Gasteiger partial charge in [-0.3, -0.25) is 0 Å². The second kappa shape index (κ2) is 5.69. The molecule has 0 spiro atoms. The molecule has 1 aliphatic rings. The third-order valence-corrected chi connectivity index (χ3v) is 4.11. The molecule has 0 aliphatic carbocycles. The molecule has 3 rings (SSSR count). The first-order valence-corrected chi connectivity index (χ1v) is 7.16. The highest BCUT2D eigenvalue weighted by Gasteiger charge is 2.28. The maximum Gasteiger partial charge on any atom is 0.221 e. The first-order valence-electron chi connectivity index (χ1n) is 7.16. The Morgan fingerprint density at radius 2 is 2.14 bits per heavy atom. The molecule has 1 atom stereocenters. The molecule has 0 fully saturated rings. The zero-order chi connectivity index (χ0) is 14.8. The molecule has 1 unspecified atom stereocenters. The second-order valence-electron chi connectivity index (χ2n) is 5.23. The van der Waals surface area contributed by atoms with Gasteiger partial charge in [-0.2, -0.15) is 0 Å². The SMILES string of the molecule is COc1ncnc(N2CCc3ccccc3C2CN)c1C. The van der Waals surface area contributed by atoms with E-state index < -0.39 is 0 Å². The predicted molar refractivity (Wildman–Crippen MR) is 82.6 cm³/mol. The van der Waals surface area contributed by atoms with E-state index in [1.54, 1.807) is 13.4 Å². The van der Waals surface area contributed by atoms with Crippen LogP contribution in [0.2, 0.25) is 0 Å². The zero-order valence-corrected chi connectivity index (χ0v) is 12.4. The van der Waals surface area contributed by atoms with E-state index in [1.807, 2.05) is 6.92 Å². The highest BCUT2D eigenvalue weighted by atomic mass is 16.5. The number of ether oxygens (including phenoxy) is 1. The van der Waals surface area contributed by atoms with E-state index in [1.165, 1.54) is 11.1 Å². The minimum Gasteiger partial charge on any atom is -0.481 e. The van der Waals surface area contributed by atoms with Gasteiger partial charge in [0, 0.05) is 13.1 Å². The van der Waals surface area contributed by atoms with E-state index in [-0.39, 0.29) is 6.04 Å². The van der Waals surface area contributed by atoms with Gasteiger partial charge >= 0.3 is 0 Å². The van der Waals surface area contributed by atoms with E-state index in [0.29, 0.717) is 12.4 Å². The van der Waals surface area contributed by atoms with Crippen LogP contribution < -0.4 is 15.4 Å². The Labute approximate surface area is 124 Å². The van der Waals surface area contributed by atoms with Gasteiger partial charge in [0.15, 0.2) is 0 Å². The van der Waals surface area contributed by atoms with Crippen LogP contribution in [0, 0.1) is 6.92 Å². The summed E-state index contributed by atoms with van der Waals surface area (Å²) in [5, 5.41) is 0. The van der Waals surface area contributed by atoms with Crippen molar-refractivity contribution in [1.29, 1.82) is 0 Å². The van der Waals surface area contributed by atoms with Gasteiger partial charge in [-0.15, -0.1) is 0 Å². The molecule has 2 N–H and O–H groups in total. The largest absolute Gasteiger partial charge is 0.481 e. The van der Waals surface area contributed by atoms with Gasteiger partial charge in [-0.25, -0.2) is 9.97 Å². The Kier molecular flexibility index (Phi) is 3.75. The number of methoxy groups -OCH3 is 1. The number of anilines is 1. The quantitative estimate of drug-likeness (QED) is 0.932. The van der Waals surface area contributed by atoms with Crippen molar-refractivity contribution in [2.75, 3.05) is 25.1 Å². The summed E-state index contributed by atoms with van der Waals surface area (Å²) in [6.07, 6.45) is 2.55. The van der Waals surface area contributed by atoms with Crippen molar-refractivity contribution in [1.82, 2.24) is 9.97 Å². The van der Waals surface area contributed by atoms with Crippen LogP contribution in [0.4, 0.5) is 5.82 Å². The Hall–Kier alpha value is -2.14. The Balaban J connectivity index is 2.04. The lowest BCUT2D eigenvalue weighted by Crippen LogP contribution is -2.40. The summed E-state index contributed by atoms with van der Waals surface area (Å²) in [5.41, 5.74) is 9.68. The molecule has 5 heteroatoms. The predicted octanol–water partition coefficient (Wildman–Crippen LogP) is 1.86. The molecule has 21 heavy (non-hydrogen) atoms. The van der Waals surface area contributed by atoms with Gasteiger partial charge in [-0.05, 0) is 24.5 Å². The minimum absolute atomic E-state index is 0.147. The van der Waals surface area contributed by atoms with E-state index in [9.17, 15) is 0 Å². The van der Waals surface area contributed by atoms with Gasteiger partial charge in [0.05, 0.1) is 18.7 Å². The average Bonchev–Trinajstić information content (AvgIpc) is 2.54. The van der Waals surface area contributed by atoms with Crippen LogP contribution in [-0.2, 0) is 6.42 Å². The number of hydrogen-bond acceptors (Lipinski definition) is 5. The standard InChI is InChI=1S/C16H20N4O/c1-11-15(18-10-19-16(11)21-2)20-8-7-12-5-3-4-6-13(12)14(20)9-17/h3-6,10,14H,7-9,17H2,1-2H3. The smallest absolute Gasteiger partial charge is 0.221 e. The van der Waals surface area contributed by atoms with Gasteiger partial charge in [0.1, 0.15) is 12.1 Å². The zero-order valence-electron chi connectivity index (χ0n) is 12.4. The summed E-state index contributed by atoms with van der Waals surface area (Å²) in [7, 11) is 1.63. The van der Waals surface area contributed by atoms with Crippen LogP contribution in [0.25, 0.3) is 0 Å². The van der Waals surface area contributed by atoms with Crippen molar-refractivity contribution in [3.63, 3.8) is 0 Å². The topological polar surface area (TPSA) is 64.3 Å². The van der Waals surface area contributed by atoms with Gasteiger partial charge in [-0.1, -0.05) is 24.3 Å². The lowest BCUT2D eigenvalue weighted by atomic mass is 9.92. The average molecular weight is 284 g/mol. The fraction of sp³-hybridized carbons (Fsp3) is 0.375. The van der Waals surface area contributed by atoms with Crippen LogP contribution in [0.1, 0.15) is 22.7 Å². The maximum absolute atomic E-state index is 6.05. The number of rotatable bonds is 3. The third kappa shape index (κ3) is 2.34. The summed E-state index contributed by atoms with van der Waals surface area (Å²) in [4.78, 5) is 10.9. The summed E-state index contributed by atoms with van der Waals surface area (Å²) in [5.74, 6) is 1.53. The van der Waals surface area contributed by atoms with Crippen molar-refractivity contribution < 1.29 is 4.74 Å². The number of nitrogens with two attached hydrogens (primary N) is 1. The third-order valence-electron chi connectivity index (χ3n) is 4.11. The van der Waals surface area contributed by atoms with E-state index in [0.717, 1.165) is 24.3 Å². The first kappa shape index (κ1) is 13.8. The number of fused-ring (bicyclic) bond motifs is 1. The molecule has 0 bridgehead atoms. The molecular weight excluding hydrogens is 264 g/mol. The molecule has 0 amide bonds. The highest BCUT2D eigenvalue weighted by Crippen LogP contribution is 2.35. The van der Waals surface area contributed by atoms with Crippen molar-refractivity contribution in [3.05, 3.63) is 47.3 Å². The van der Waals surface area contributed by atoms with E-state index in [4.69, 9.17) is 10.5 Å². The highest BCUT2D eigenvalue weighted by molar-refractivity contribution is 5.54. The molecule has 110 valence electrons. The van der Waals surface area contributed by atoms with Gasteiger partial charge < -0.3 is 15.4 Å². The Bertz CT molecular complexity index is 644. The lowest BCUT2D eigenvalue weighted by Gasteiger charge is -2.38. The molecular formula is C16H20N4O. The van der Waals surface area contributed by atoms with Crippen LogP contribution >= 0.6 is 0 Å². The lowest BCUT2D eigenvalue weighted by molar-refractivity contribution is 0.393. The summed E-state index contributed by atoms with van der Waals surface area (Å²) in [6.45, 7) is 3.45. The Morgan fingerprint density at radius 3 is 2.90 bits per heavy atom.